The third-order valence-electron chi connectivity index (χ3n) is 3.18. The van der Waals surface area contributed by atoms with Crippen molar-refractivity contribution in [2.45, 2.75) is 31.9 Å². The zero-order valence-corrected chi connectivity index (χ0v) is 9.98. The molecule has 1 aromatic carbocycles. The molecule has 17 heavy (non-hydrogen) atoms. The van der Waals surface area contributed by atoms with Crippen molar-refractivity contribution in [3.63, 3.8) is 0 Å². The Hall–Kier alpha value is -1.42. The maximum Gasteiger partial charge on any atom is 0.254 e. The molecule has 2 rings (SSSR count). The summed E-state index contributed by atoms with van der Waals surface area (Å²) in [4.78, 5) is 13.8. The fourth-order valence-corrected chi connectivity index (χ4v) is 2.34. The molecule has 0 radical (unpaired) electrons. The van der Waals surface area contributed by atoms with Crippen molar-refractivity contribution in [1.82, 2.24) is 4.90 Å². The Morgan fingerprint density at radius 3 is 2.76 bits per heavy atom. The van der Waals surface area contributed by atoms with Gasteiger partial charge in [-0.2, -0.15) is 0 Å². The fraction of sp³-hybridized carbons (Fsp3) is 0.462. The Morgan fingerprint density at radius 1 is 1.53 bits per heavy atom. The summed E-state index contributed by atoms with van der Waals surface area (Å²) in [6, 6.07) is 5.64. The third-order valence-corrected chi connectivity index (χ3v) is 3.18. The number of halogens is 1. The van der Waals surface area contributed by atoms with Crippen LogP contribution in [0.5, 0.6) is 0 Å². The van der Waals surface area contributed by atoms with Gasteiger partial charge in [-0.3, -0.25) is 4.79 Å². The molecule has 1 fully saturated rings. The monoisotopic (exact) mass is 237 g/mol. The molecule has 1 amide bonds. The molecule has 0 aromatic heterocycles. The SMILES string of the molecule is CC1(C)CC(O)CN1C(=O)c1cccc(F)c1. The highest BCUT2D eigenvalue weighted by molar-refractivity contribution is 5.95. The van der Waals surface area contributed by atoms with Crippen molar-refractivity contribution in [2.75, 3.05) is 6.54 Å². The number of β-amino-alcohol motifs (C(OH)–C–C–N with tert-alkyl or cyclic N) is 1. The van der Waals surface area contributed by atoms with Gasteiger partial charge in [-0.15, -0.1) is 0 Å². The van der Waals surface area contributed by atoms with Gasteiger partial charge in [0.25, 0.3) is 5.91 Å². The lowest BCUT2D eigenvalue weighted by molar-refractivity contribution is 0.0640. The van der Waals surface area contributed by atoms with E-state index in [-0.39, 0.29) is 11.4 Å². The largest absolute Gasteiger partial charge is 0.391 e. The van der Waals surface area contributed by atoms with Gasteiger partial charge >= 0.3 is 0 Å². The van der Waals surface area contributed by atoms with Crippen molar-refractivity contribution in [3.8, 4) is 0 Å². The predicted octanol–water partition coefficient (Wildman–Crippen LogP) is 1.81. The van der Waals surface area contributed by atoms with Crippen molar-refractivity contribution in [2.24, 2.45) is 0 Å². The number of aliphatic hydroxyl groups is 1. The molecule has 4 heteroatoms. The minimum absolute atomic E-state index is 0.231. The Bertz CT molecular complexity index is 445. The number of rotatable bonds is 1. The van der Waals surface area contributed by atoms with Crippen LogP contribution in [0, 0.1) is 5.82 Å². The molecule has 0 bridgehead atoms. The van der Waals surface area contributed by atoms with Gasteiger partial charge < -0.3 is 10.0 Å². The first-order chi connectivity index (χ1) is 7.90. The first-order valence-electron chi connectivity index (χ1n) is 5.66. The average Bonchev–Trinajstić information content (AvgIpc) is 2.51. The van der Waals surface area contributed by atoms with Crippen LogP contribution in [0.15, 0.2) is 24.3 Å². The lowest BCUT2D eigenvalue weighted by atomic mass is 10.0. The number of carbonyl (C=O) groups is 1. The third kappa shape index (κ3) is 2.31. The first-order valence-corrected chi connectivity index (χ1v) is 5.66. The molecular weight excluding hydrogens is 221 g/mol. The normalized spacial score (nSPS) is 22.8. The number of hydrogen-bond donors (Lipinski definition) is 1. The van der Waals surface area contributed by atoms with Gasteiger partial charge in [0.05, 0.1) is 6.10 Å². The minimum atomic E-state index is -0.498. The van der Waals surface area contributed by atoms with Gasteiger partial charge in [0.2, 0.25) is 0 Å². The van der Waals surface area contributed by atoms with E-state index in [0.717, 1.165) is 0 Å². The van der Waals surface area contributed by atoms with Crippen LogP contribution in [-0.4, -0.2) is 34.1 Å². The summed E-state index contributed by atoms with van der Waals surface area (Å²) in [5.41, 5.74) is -0.0600. The molecule has 1 N–H and O–H groups in total. The molecule has 1 unspecified atom stereocenters. The van der Waals surface area contributed by atoms with Crippen LogP contribution in [0.1, 0.15) is 30.6 Å². The van der Waals surface area contributed by atoms with Crippen molar-refractivity contribution >= 4 is 5.91 Å². The second kappa shape index (κ2) is 4.11. The van der Waals surface area contributed by atoms with Crippen LogP contribution in [0.4, 0.5) is 4.39 Å². The maximum atomic E-state index is 13.1. The summed E-state index contributed by atoms with van der Waals surface area (Å²) in [7, 11) is 0. The standard InChI is InChI=1S/C13H16FNO2/c1-13(2)7-11(16)8-15(13)12(17)9-4-3-5-10(14)6-9/h3-6,11,16H,7-8H2,1-2H3. The number of carbonyl (C=O) groups excluding carboxylic acids is 1. The van der Waals surface area contributed by atoms with Crippen LogP contribution >= 0.6 is 0 Å². The highest BCUT2D eigenvalue weighted by atomic mass is 19.1. The van der Waals surface area contributed by atoms with Gasteiger partial charge in [0, 0.05) is 17.6 Å². The van der Waals surface area contributed by atoms with E-state index in [2.05, 4.69) is 0 Å². The van der Waals surface area contributed by atoms with Crippen LogP contribution in [0.2, 0.25) is 0 Å². The second-order valence-electron chi connectivity index (χ2n) is 5.10. The topological polar surface area (TPSA) is 40.5 Å². The number of benzene rings is 1. The van der Waals surface area contributed by atoms with Crippen molar-refractivity contribution in [3.05, 3.63) is 35.6 Å². The van der Waals surface area contributed by atoms with Gasteiger partial charge in [0.15, 0.2) is 0 Å². The molecule has 0 saturated carbocycles. The fourth-order valence-electron chi connectivity index (χ4n) is 2.34. The molecule has 1 heterocycles. The van der Waals surface area contributed by atoms with E-state index in [1.54, 1.807) is 11.0 Å². The predicted molar refractivity (Wildman–Crippen MR) is 62.1 cm³/mol. The van der Waals surface area contributed by atoms with Crippen molar-refractivity contribution < 1.29 is 14.3 Å². The molecule has 3 nitrogen and oxygen atoms in total. The zero-order chi connectivity index (χ0) is 12.6. The van der Waals surface area contributed by atoms with Crippen LogP contribution < -0.4 is 0 Å². The van der Waals surface area contributed by atoms with Gasteiger partial charge in [-0.25, -0.2) is 4.39 Å². The van der Waals surface area contributed by atoms with E-state index >= 15 is 0 Å². The Labute approximate surface area is 99.9 Å². The molecule has 0 spiro atoms. The summed E-state index contributed by atoms with van der Waals surface area (Å²) in [6.45, 7) is 4.11. The molecule has 1 aliphatic rings. The van der Waals surface area contributed by atoms with Crippen LogP contribution in [0.25, 0.3) is 0 Å². The number of aliphatic hydroxyl groups excluding tert-OH is 1. The van der Waals surface area contributed by atoms with E-state index in [0.29, 0.717) is 18.5 Å². The van der Waals surface area contributed by atoms with Crippen LogP contribution in [-0.2, 0) is 0 Å². The minimum Gasteiger partial charge on any atom is -0.391 e. The van der Waals surface area contributed by atoms with E-state index in [9.17, 15) is 14.3 Å². The first kappa shape index (κ1) is 12.0. The highest BCUT2D eigenvalue weighted by Crippen LogP contribution is 2.30. The second-order valence-corrected chi connectivity index (χ2v) is 5.10. The summed E-state index contributed by atoms with van der Waals surface area (Å²) in [5, 5.41) is 9.62. The smallest absolute Gasteiger partial charge is 0.254 e. The highest BCUT2D eigenvalue weighted by Gasteiger charge is 2.40. The lowest BCUT2D eigenvalue weighted by Gasteiger charge is -2.31. The lowest BCUT2D eigenvalue weighted by Crippen LogP contribution is -2.42. The van der Waals surface area contributed by atoms with Crippen LogP contribution in [0.3, 0.4) is 0 Å². The molecule has 1 atom stereocenters. The summed E-state index contributed by atoms with van der Waals surface area (Å²) in [5.74, 6) is -0.653. The molecule has 1 aliphatic heterocycles. The molecular formula is C13H16FNO2. The number of amides is 1. The number of likely N-dealkylation sites (tertiary alicyclic amines) is 1. The number of nitrogens with zero attached hydrogens (tertiary/aromatic N) is 1. The van der Waals surface area contributed by atoms with Gasteiger partial charge in [-0.1, -0.05) is 6.07 Å². The molecule has 0 aliphatic carbocycles. The maximum absolute atomic E-state index is 13.1. The Balaban J connectivity index is 2.26. The Morgan fingerprint density at radius 2 is 2.24 bits per heavy atom. The van der Waals surface area contributed by atoms with E-state index in [1.807, 2.05) is 13.8 Å². The molecule has 92 valence electrons. The van der Waals surface area contributed by atoms with Gasteiger partial charge in [-0.05, 0) is 38.5 Å². The zero-order valence-electron chi connectivity index (χ0n) is 9.98. The number of hydrogen-bond acceptors (Lipinski definition) is 2. The van der Waals surface area contributed by atoms with Gasteiger partial charge in [0.1, 0.15) is 5.82 Å². The van der Waals surface area contributed by atoms with E-state index < -0.39 is 11.9 Å². The molecule has 1 saturated heterocycles. The average molecular weight is 237 g/mol. The Kier molecular flexibility index (Phi) is 2.91. The van der Waals surface area contributed by atoms with Crippen molar-refractivity contribution in [1.29, 1.82) is 0 Å². The quantitative estimate of drug-likeness (QED) is 0.809. The summed E-state index contributed by atoms with van der Waals surface area (Å²) < 4.78 is 13.1. The van der Waals surface area contributed by atoms with E-state index in [1.165, 1.54) is 18.2 Å². The summed E-state index contributed by atoms with van der Waals surface area (Å²) in [6.07, 6.45) is 0.0520. The van der Waals surface area contributed by atoms with E-state index in [4.69, 9.17) is 0 Å². The molecule has 1 aromatic rings. The summed E-state index contributed by atoms with van der Waals surface area (Å²) >= 11 is 0.